The number of hydrazine groups is 2. The van der Waals surface area contributed by atoms with Crippen molar-refractivity contribution in [2.24, 2.45) is 16.9 Å². The molecule has 8 nitrogen and oxygen atoms in total. The van der Waals surface area contributed by atoms with Crippen molar-refractivity contribution in [1.29, 1.82) is 0 Å². The highest BCUT2D eigenvalue weighted by Gasteiger charge is 2.15. The Kier molecular flexibility index (Phi) is 7.60. The van der Waals surface area contributed by atoms with Gasteiger partial charge in [-0.3, -0.25) is 5.84 Å². The van der Waals surface area contributed by atoms with Crippen LogP contribution in [0.3, 0.4) is 0 Å². The number of allylic oxidation sites excluding steroid dienone is 4. The summed E-state index contributed by atoms with van der Waals surface area (Å²) >= 11 is 0. The van der Waals surface area contributed by atoms with Crippen molar-refractivity contribution >= 4 is 17.4 Å². The van der Waals surface area contributed by atoms with Crippen molar-refractivity contribution in [2.75, 3.05) is 19.5 Å². The lowest BCUT2D eigenvalue weighted by Crippen LogP contribution is -2.46. The number of nitrogens with one attached hydrogen (secondary N) is 2. The fourth-order valence-corrected chi connectivity index (χ4v) is 3.02. The third-order valence-electron chi connectivity index (χ3n) is 4.46. The van der Waals surface area contributed by atoms with Crippen molar-refractivity contribution in [3.05, 3.63) is 47.1 Å². The lowest BCUT2D eigenvalue weighted by Gasteiger charge is -2.19. The number of urea groups is 1. The van der Waals surface area contributed by atoms with E-state index in [0.717, 1.165) is 22.7 Å². The van der Waals surface area contributed by atoms with Crippen LogP contribution in [-0.2, 0) is 11.4 Å². The second kappa shape index (κ2) is 9.91. The molecule has 0 spiro atoms. The number of ether oxygens (including phenoxy) is 1. The van der Waals surface area contributed by atoms with Crippen molar-refractivity contribution in [1.82, 2.24) is 10.5 Å². The van der Waals surface area contributed by atoms with Crippen LogP contribution in [0.15, 0.2) is 46.7 Å². The van der Waals surface area contributed by atoms with Gasteiger partial charge in [-0.05, 0) is 43.9 Å². The molecule has 8 heteroatoms. The van der Waals surface area contributed by atoms with Crippen LogP contribution in [0.5, 0.6) is 5.75 Å². The Labute approximate surface area is 166 Å². The first-order valence-electron chi connectivity index (χ1n) is 9.08. The van der Waals surface area contributed by atoms with Gasteiger partial charge in [-0.2, -0.15) is 5.53 Å². The number of amides is 2. The van der Waals surface area contributed by atoms with Crippen LogP contribution in [0.25, 0.3) is 0 Å². The van der Waals surface area contributed by atoms with Gasteiger partial charge < -0.3 is 14.9 Å². The Morgan fingerprint density at radius 1 is 1.43 bits per heavy atom. The molecule has 1 atom stereocenters. The molecule has 1 aromatic rings. The van der Waals surface area contributed by atoms with Gasteiger partial charge in [0.15, 0.2) is 0 Å². The summed E-state index contributed by atoms with van der Waals surface area (Å²) < 4.78 is 5.40. The number of anilines is 1. The van der Waals surface area contributed by atoms with Gasteiger partial charge in [0, 0.05) is 7.05 Å². The molecule has 28 heavy (non-hydrogen) atoms. The summed E-state index contributed by atoms with van der Waals surface area (Å²) in [5.41, 5.74) is 6.74. The van der Waals surface area contributed by atoms with E-state index >= 15 is 0 Å². The van der Waals surface area contributed by atoms with Gasteiger partial charge in [0.25, 0.3) is 0 Å². The summed E-state index contributed by atoms with van der Waals surface area (Å²) in [6.45, 7) is 6.35. The molecule has 0 saturated heterocycles. The zero-order valence-electron chi connectivity index (χ0n) is 17.1. The van der Waals surface area contributed by atoms with Crippen molar-refractivity contribution in [3.8, 4) is 5.75 Å². The van der Waals surface area contributed by atoms with E-state index in [1.807, 2.05) is 6.92 Å². The van der Waals surface area contributed by atoms with E-state index in [4.69, 9.17) is 15.4 Å². The molecule has 1 unspecified atom stereocenters. The quantitative estimate of drug-likeness (QED) is 0.378. The summed E-state index contributed by atoms with van der Waals surface area (Å²) in [5.74, 6) is 6.34. The summed E-state index contributed by atoms with van der Waals surface area (Å²) in [6.07, 6.45) is 5.31. The first kappa shape index (κ1) is 21.5. The second-order valence-electron chi connectivity index (χ2n) is 6.82. The average molecular weight is 387 g/mol. The number of oxime groups is 1. The third-order valence-corrected chi connectivity index (χ3v) is 4.46. The Bertz CT molecular complexity index is 801. The van der Waals surface area contributed by atoms with Gasteiger partial charge >= 0.3 is 6.03 Å². The van der Waals surface area contributed by atoms with Crippen molar-refractivity contribution < 1.29 is 14.4 Å². The normalized spacial score (nSPS) is 16.8. The number of hydrogen-bond donors (Lipinski definition) is 3. The summed E-state index contributed by atoms with van der Waals surface area (Å²) in [5, 5.41) is 8.16. The maximum atomic E-state index is 12.1. The van der Waals surface area contributed by atoms with Crippen molar-refractivity contribution in [2.45, 2.75) is 33.8 Å². The van der Waals surface area contributed by atoms with E-state index in [0.29, 0.717) is 22.9 Å². The first-order valence-corrected chi connectivity index (χ1v) is 9.08. The number of benzene rings is 1. The molecule has 4 N–H and O–H groups in total. The van der Waals surface area contributed by atoms with Crippen LogP contribution in [0.1, 0.15) is 32.8 Å². The summed E-state index contributed by atoms with van der Waals surface area (Å²) in [7, 11) is 3.07. The molecule has 0 aromatic heterocycles. The molecule has 0 radical (unpaired) electrons. The topological polar surface area (TPSA) is 101 Å². The number of hydrogen-bond acceptors (Lipinski definition) is 6. The van der Waals surface area contributed by atoms with E-state index in [1.165, 1.54) is 12.6 Å². The van der Waals surface area contributed by atoms with E-state index in [1.54, 1.807) is 25.3 Å². The SMILES string of the molecule is COc1cccc(NC(=O)N(C)NN)c1CON=C(C)C1=CC(C)=CC(C)C1. The smallest absolute Gasteiger partial charge is 0.337 e. The molecule has 0 aliphatic heterocycles. The third kappa shape index (κ3) is 5.58. The summed E-state index contributed by atoms with van der Waals surface area (Å²) in [6, 6.07) is 4.93. The maximum Gasteiger partial charge on any atom is 0.337 e. The number of rotatable bonds is 7. The molecule has 0 bridgehead atoms. The molecule has 0 heterocycles. The van der Waals surface area contributed by atoms with Crippen LogP contribution in [0, 0.1) is 5.92 Å². The summed E-state index contributed by atoms with van der Waals surface area (Å²) in [4.78, 5) is 17.7. The predicted octanol–water partition coefficient (Wildman–Crippen LogP) is 3.34. The van der Waals surface area contributed by atoms with Gasteiger partial charge in [0.1, 0.15) is 12.4 Å². The number of nitrogens with two attached hydrogens (primary N) is 1. The van der Waals surface area contributed by atoms with E-state index < -0.39 is 6.03 Å². The highest BCUT2D eigenvalue weighted by Crippen LogP contribution is 2.28. The monoisotopic (exact) mass is 387 g/mol. The molecule has 152 valence electrons. The zero-order valence-corrected chi connectivity index (χ0v) is 17.1. The molecule has 1 aromatic carbocycles. The van der Waals surface area contributed by atoms with Gasteiger partial charge in [-0.15, -0.1) is 0 Å². The van der Waals surface area contributed by atoms with E-state index in [2.05, 4.69) is 42.0 Å². The van der Waals surface area contributed by atoms with Crippen LogP contribution >= 0.6 is 0 Å². The highest BCUT2D eigenvalue weighted by molar-refractivity contribution is 5.98. The number of methoxy groups -OCH3 is 1. The van der Waals surface area contributed by atoms with Gasteiger partial charge in [-0.1, -0.05) is 35.9 Å². The standard InChI is InChI=1S/C20H29N5O3/c1-13-9-14(2)11-16(10-13)15(3)23-28-12-17-18(7-6-8-19(17)27-5)22-20(26)25(4)24-21/h6-10,14,24H,11-12,21H2,1-5H3,(H,22,26). The molecule has 1 aliphatic carbocycles. The van der Waals surface area contributed by atoms with Crippen LogP contribution in [0.2, 0.25) is 0 Å². The van der Waals surface area contributed by atoms with Crippen LogP contribution < -0.4 is 21.4 Å². The molecule has 0 saturated carbocycles. The molecule has 0 fully saturated rings. The molecule has 2 rings (SSSR count). The average Bonchev–Trinajstić information content (AvgIpc) is 2.67. The zero-order chi connectivity index (χ0) is 20.7. The number of carbonyl (C=O) groups excluding carboxylic acids is 1. The van der Waals surface area contributed by atoms with E-state index in [9.17, 15) is 4.79 Å². The lowest BCUT2D eigenvalue weighted by molar-refractivity contribution is 0.128. The molecular weight excluding hydrogens is 358 g/mol. The minimum atomic E-state index is -0.416. The van der Waals surface area contributed by atoms with Crippen LogP contribution in [0.4, 0.5) is 10.5 Å². The Balaban J connectivity index is 2.14. The Morgan fingerprint density at radius 3 is 2.82 bits per heavy atom. The predicted molar refractivity (Wildman–Crippen MR) is 111 cm³/mol. The van der Waals surface area contributed by atoms with Crippen LogP contribution in [-0.4, -0.2) is 30.9 Å². The number of nitrogens with zero attached hydrogens (tertiary/aromatic N) is 2. The van der Waals surface area contributed by atoms with Gasteiger partial charge in [0.05, 0.1) is 24.1 Å². The largest absolute Gasteiger partial charge is 0.496 e. The fraction of sp³-hybridized carbons (Fsp3) is 0.400. The van der Waals surface area contributed by atoms with Gasteiger partial charge in [-0.25, -0.2) is 9.80 Å². The van der Waals surface area contributed by atoms with Crippen molar-refractivity contribution in [3.63, 3.8) is 0 Å². The highest BCUT2D eigenvalue weighted by atomic mass is 16.6. The number of carbonyl (C=O) groups is 1. The minimum absolute atomic E-state index is 0.147. The van der Waals surface area contributed by atoms with E-state index in [-0.39, 0.29) is 6.61 Å². The molecule has 2 amide bonds. The second-order valence-corrected chi connectivity index (χ2v) is 6.82. The molecule has 1 aliphatic rings. The lowest BCUT2D eigenvalue weighted by atomic mass is 9.90. The van der Waals surface area contributed by atoms with Gasteiger partial charge in [0.2, 0.25) is 0 Å². The first-order chi connectivity index (χ1) is 13.3. The maximum absolute atomic E-state index is 12.1. The Hall–Kier alpha value is -2.84. The minimum Gasteiger partial charge on any atom is -0.496 e. The Morgan fingerprint density at radius 2 is 2.18 bits per heavy atom. The fourth-order valence-electron chi connectivity index (χ4n) is 3.02. The molecular formula is C20H29N5O3.